The molecule has 0 saturated heterocycles. The first-order valence-corrected chi connectivity index (χ1v) is 8.11. The lowest BCUT2D eigenvalue weighted by molar-refractivity contribution is 0.101. The Hall–Kier alpha value is -2.60. The van der Waals surface area contributed by atoms with Gasteiger partial charge < -0.3 is 9.84 Å². The van der Waals surface area contributed by atoms with Gasteiger partial charge >= 0.3 is 0 Å². The molecule has 0 atom stereocenters. The van der Waals surface area contributed by atoms with Crippen molar-refractivity contribution in [2.24, 2.45) is 0 Å². The highest BCUT2D eigenvalue weighted by atomic mass is 35.5. The van der Waals surface area contributed by atoms with Crippen molar-refractivity contribution < 1.29 is 9.32 Å². The molecule has 3 aromatic rings. The molecule has 0 spiro atoms. The minimum atomic E-state index is -0.302. The van der Waals surface area contributed by atoms with Gasteiger partial charge in [-0.25, -0.2) is 4.68 Å². The molecule has 2 heterocycles. The third-order valence-corrected chi connectivity index (χ3v) is 4.20. The highest BCUT2D eigenvalue weighted by Gasteiger charge is 2.29. The van der Waals surface area contributed by atoms with Gasteiger partial charge in [-0.3, -0.25) is 4.79 Å². The Morgan fingerprint density at radius 2 is 2.08 bits per heavy atom. The van der Waals surface area contributed by atoms with E-state index in [1.54, 1.807) is 23.0 Å². The van der Waals surface area contributed by atoms with E-state index in [1.807, 2.05) is 24.3 Å². The van der Waals surface area contributed by atoms with Gasteiger partial charge in [-0.1, -0.05) is 28.9 Å². The van der Waals surface area contributed by atoms with Crippen molar-refractivity contribution in [3.05, 3.63) is 64.6 Å². The molecule has 0 unspecified atom stereocenters. The van der Waals surface area contributed by atoms with Gasteiger partial charge in [-0.05, 0) is 30.5 Å². The minimum Gasteiger partial charge on any atom is -0.360 e. The standard InChI is InChI=1S/C17H15ClN4O2/c18-13-5-1-11(2-6-13)10-22-16(7-8-19-22)20-17(23)14-9-15(24-21-14)12-3-4-12/h1-2,5-9,12H,3-4,10H2,(H,20,23). The van der Waals surface area contributed by atoms with Crippen LogP contribution in [-0.4, -0.2) is 20.8 Å². The second-order valence-electron chi connectivity index (χ2n) is 5.84. The zero-order valence-electron chi connectivity index (χ0n) is 12.8. The number of anilines is 1. The highest BCUT2D eigenvalue weighted by Crippen LogP contribution is 2.40. The summed E-state index contributed by atoms with van der Waals surface area (Å²) in [5.41, 5.74) is 1.33. The summed E-state index contributed by atoms with van der Waals surface area (Å²) in [4.78, 5) is 12.3. The van der Waals surface area contributed by atoms with Gasteiger partial charge in [-0.2, -0.15) is 5.10 Å². The molecule has 1 aromatic carbocycles. The lowest BCUT2D eigenvalue weighted by Crippen LogP contribution is -2.16. The molecule has 1 N–H and O–H groups in total. The predicted octanol–water partition coefficient (Wildman–Crippen LogP) is 3.70. The molecule has 7 heteroatoms. The van der Waals surface area contributed by atoms with Gasteiger partial charge in [0.15, 0.2) is 5.69 Å². The van der Waals surface area contributed by atoms with Gasteiger partial charge in [0.25, 0.3) is 5.91 Å². The van der Waals surface area contributed by atoms with Gasteiger partial charge in [0.05, 0.1) is 12.7 Å². The summed E-state index contributed by atoms with van der Waals surface area (Å²) in [7, 11) is 0. The lowest BCUT2D eigenvalue weighted by atomic mass is 10.2. The zero-order chi connectivity index (χ0) is 16.5. The van der Waals surface area contributed by atoms with Crippen molar-refractivity contribution in [2.45, 2.75) is 25.3 Å². The predicted molar refractivity (Wildman–Crippen MR) is 89.2 cm³/mol. The molecule has 6 nitrogen and oxygen atoms in total. The van der Waals surface area contributed by atoms with Crippen molar-refractivity contribution in [1.29, 1.82) is 0 Å². The third-order valence-electron chi connectivity index (χ3n) is 3.94. The molecular weight excluding hydrogens is 328 g/mol. The van der Waals surface area contributed by atoms with Crippen LogP contribution >= 0.6 is 11.6 Å². The summed E-state index contributed by atoms with van der Waals surface area (Å²) in [6.07, 6.45) is 3.85. The van der Waals surface area contributed by atoms with Crippen LogP contribution in [0.25, 0.3) is 0 Å². The zero-order valence-corrected chi connectivity index (χ0v) is 13.5. The van der Waals surface area contributed by atoms with E-state index in [0.717, 1.165) is 24.2 Å². The second kappa shape index (κ2) is 6.13. The van der Waals surface area contributed by atoms with Crippen molar-refractivity contribution in [2.75, 3.05) is 5.32 Å². The van der Waals surface area contributed by atoms with E-state index in [2.05, 4.69) is 15.6 Å². The van der Waals surface area contributed by atoms with Gasteiger partial charge in [-0.15, -0.1) is 0 Å². The Morgan fingerprint density at radius 1 is 1.29 bits per heavy atom. The van der Waals surface area contributed by atoms with Gasteiger partial charge in [0.2, 0.25) is 0 Å². The van der Waals surface area contributed by atoms with E-state index in [0.29, 0.717) is 23.3 Å². The monoisotopic (exact) mass is 342 g/mol. The fraction of sp³-hybridized carbons (Fsp3) is 0.235. The maximum atomic E-state index is 12.3. The Morgan fingerprint density at radius 3 is 2.83 bits per heavy atom. The summed E-state index contributed by atoms with van der Waals surface area (Å²) in [6.45, 7) is 0.534. The number of nitrogens with zero attached hydrogens (tertiary/aromatic N) is 3. The number of carbonyl (C=O) groups is 1. The average molecular weight is 343 g/mol. The summed E-state index contributed by atoms with van der Waals surface area (Å²) < 4.78 is 6.93. The number of aromatic nitrogens is 3. The van der Waals surface area contributed by atoms with E-state index < -0.39 is 0 Å². The van der Waals surface area contributed by atoms with Gasteiger partial charge in [0.1, 0.15) is 11.6 Å². The topological polar surface area (TPSA) is 73.0 Å². The number of hydrogen-bond donors (Lipinski definition) is 1. The minimum absolute atomic E-state index is 0.288. The summed E-state index contributed by atoms with van der Waals surface area (Å²) in [5.74, 6) is 1.51. The molecule has 1 aliphatic carbocycles. The quantitative estimate of drug-likeness (QED) is 0.767. The normalized spacial score (nSPS) is 13.9. The fourth-order valence-corrected chi connectivity index (χ4v) is 2.59. The number of halogens is 1. The summed E-state index contributed by atoms with van der Waals surface area (Å²) in [6, 6.07) is 11.0. The van der Waals surface area contributed by atoms with E-state index in [9.17, 15) is 4.79 Å². The smallest absolute Gasteiger partial charge is 0.278 e. The SMILES string of the molecule is O=C(Nc1ccnn1Cc1ccc(Cl)cc1)c1cc(C2CC2)on1. The molecule has 4 rings (SSSR count). The van der Waals surface area contributed by atoms with Crippen LogP contribution in [0.3, 0.4) is 0 Å². The first-order chi connectivity index (χ1) is 11.7. The van der Waals surface area contributed by atoms with E-state index in [4.69, 9.17) is 16.1 Å². The Labute approximate surface area is 143 Å². The molecule has 1 fully saturated rings. The maximum Gasteiger partial charge on any atom is 0.278 e. The molecule has 24 heavy (non-hydrogen) atoms. The number of rotatable bonds is 5. The van der Waals surface area contributed by atoms with Crippen molar-refractivity contribution >= 4 is 23.3 Å². The second-order valence-corrected chi connectivity index (χ2v) is 6.28. The van der Waals surface area contributed by atoms with Crippen molar-refractivity contribution in [3.63, 3.8) is 0 Å². The van der Waals surface area contributed by atoms with Crippen molar-refractivity contribution in [3.8, 4) is 0 Å². The van der Waals surface area contributed by atoms with Crippen LogP contribution in [0.1, 0.15) is 40.6 Å². The van der Waals surface area contributed by atoms with Crippen LogP contribution in [0.15, 0.2) is 47.1 Å². The number of carbonyl (C=O) groups excluding carboxylic acids is 1. The van der Waals surface area contributed by atoms with Crippen LogP contribution in [0.4, 0.5) is 5.82 Å². The molecule has 1 amide bonds. The first kappa shape index (κ1) is 15.0. The molecule has 0 bridgehead atoms. The Bertz CT molecular complexity index is 865. The van der Waals surface area contributed by atoms with E-state index >= 15 is 0 Å². The van der Waals surface area contributed by atoms with E-state index in [-0.39, 0.29) is 11.6 Å². The number of amides is 1. The van der Waals surface area contributed by atoms with Crippen LogP contribution in [-0.2, 0) is 6.54 Å². The lowest BCUT2D eigenvalue weighted by Gasteiger charge is -2.08. The Kier molecular flexibility index (Phi) is 3.82. The average Bonchev–Trinajstić information content (AvgIpc) is 3.15. The fourth-order valence-electron chi connectivity index (χ4n) is 2.46. The molecule has 122 valence electrons. The molecule has 2 aromatic heterocycles. The van der Waals surface area contributed by atoms with Crippen LogP contribution < -0.4 is 5.32 Å². The Balaban J connectivity index is 1.47. The largest absolute Gasteiger partial charge is 0.360 e. The number of hydrogen-bond acceptors (Lipinski definition) is 4. The summed E-state index contributed by atoms with van der Waals surface area (Å²) in [5, 5.41) is 11.6. The molecular formula is C17H15ClN4O2. The maximum absolute atomic E-state index is 12.3. The highest BCUT2D eigenvalue weighted by molar-refractivity contribution is 6.30. The van der Waals surface area contributed by atoms with Crippen LogP contribution in [0, 0.1) is 0 Å². The van der Waals surface area contributed by atoms with Crippen molar-refractivity contribution in [1.82, 2.24) is 14.9 Å². The molecule has 0 radical (unpaired) electrons. The van der Waals surface area contributed by atoms with Crippen LogP contribution in [0.5, 0.6) is 0 Å². The first-order valence-electron chi connectivity index (χ1n) is 7.73. The van der Waals surface area contributed by atoms with Gasteiger partial charge in [0, 0.05) is 23.1 Å². The summed E-state index contributed by atoms with van der Waals surface area (Å²) >= 11 is 5.89. The third kappa shape index (κ3) is 3.19. The molecule has 1 aliphatic rings. The molecule has 1 saturated carbocycles. The van der Waals surface area contributed by atoms with Crippen LogP contribution in [0.2, 0.25) is 5.02 Å². The number of nitrogens with one attached hydrogen (secondary N) is 1. The van der Waals surface area contributed by atoms with E-state index in [1.165, 1.54) is 0 Å². The number of benzene rings is 1. The molecule has 0 aliphatic heterocycles.